The topological polar surface area (TPSA) is 85.4 Å². The van der Waals surface area contributed by atoms with Gasteiger partial charge in [0, 0.05) is 17.1 Å². The monoisotopic (exact) mass is 398 g/mol. The van der Waals surface area contributed by atoms with Crippen molar-refractivity contribution in [3.05, 3.63) is 71.2 Å². The zero-order chi connectivity index (χ0) is 19.8. The molecule has 8 heteroatoms. The Kier molecular flexibility index (Phi) is 6.64. The molecule has 0 aliphatic heterocycles. The molecular weight excluding hydrogens is 380 g/mol. The van der Waals surface area contributed by atoms with Gasteiger partial charge in [-0.3, -0.25) is 4.79 Å². The second kappa shape index (κ2) is 9.57. The van der Waals surface area contributed by atoms with Gasteiger partial charge in [-0.05, 0) is 42.5 Å². The largest absolute Gasteiger partial charge is 0.496 e. The Morgan fingerprint density at radius 1 is 1.00 bits per heavy atom. The number of nitrogens with zero attached hydrogens (tertiary/aromatic N) is 2. The number of hydrogen-bond donors (Lipinski definition) is 2. The fourth-order valence-electron chi connectivity index (χ4n) is 2.39. The maximum Gasteiger partial charge on any atom is 0.263 e. The molecule has 1 heterocycles. The summed E-state index contributed by atoms with van der Waals surface area (Å²) in [4.78, 5) is 12.0. The number of halogens is 1. The summed E-state index contributed by atoms with van der Waals surface area (Å²) in [5.74, 6) is 1.95. The van der Waals surface area contributed by atoms with Crippen LogP contribution in [-0.4, -0.2) is 29.8 Å². The quantitative estimate of drug-likeness (QED) is 0.600. The molecule has 3 aromatic rings. The van der Waals surface area contributed by atoms with Gasteiger partial charge in [-0.25, -0.2) is 0 Å². The Labute approximate surface area is 167 Å². The molecular formula is C20H19ClN4O3. The Balaban J connectivity index is 1.48. The number of amides is 1. The third kappa shape index (κ3) is 5.59. The van der Waals surface area contributed by atoms with E-state index in [1.807, 2.05) is 24.3 Å². The fourth-order valence-corrected chi connectivity index (χ4v) is 2.51. The Bertz CT molecular complexity index is 917. The second-order valence-electron chi connectivity index (χ2n) is 5.76. The normalized spacial score (nSPS) is 10.2. The van der Waals surface area contributed by atoms with Crippen molar-refractivity contribution in [2.45, 2.75) is 6.54 Å². The second-order valence-corrected chi connectivity index (χ2v) is 6.20. The lowest BCUT2D eigenvalue weighted by molar-refractivity contribution is -0.118. The average molecular weight is 399 g/mol. The average Bonchev–Trinajstić information content (AvgIpc) is 2.73. The van der Waals surface area contributed by atoms with E-state index in [1.54, 1.807) is 43.5 Å². The highest BCUT2D eigenvalue weighted by Crippen LogP contribution is 2.18. The number of benzene rings is 2. The molecule has 3 rings (SSSR count). The first-order valence-electron chi connectivity index (χ1n) is 8.52. The summed E-state index contributed by atoms with van der Waals surface area (Å²) in [5, 5.41) is 14.4. The van der Waals surface area contributed by atoms with E-state index in [1.165, 1.54) is 0 Å². The summed E-state index contributed by atoms with van der Waals surface area (Å²) in [7, 11) is 1.63. The van der Waals surface area contributed by atoms with Crippen molar-refractivity contribution in [3.8, 4) is 11.5 Å². The molecule has 2 N–H and O–H groups in total. The highest BCUT2D eigenvalue weighted by Gasteiger charge is 2.06. The summed E-state index contributed by atoms with van der Waals surface area (Å²) in [6.07, 6.45) is 0. The smallest absolute Gasteiger partial charge is 0.263 e. The molecule has 0 spiro atoms. The first-order valence-corrected chi connectivity index (χ1v) is 8.89. The minimum Gasteiger partial charge on any atom is -0.496 e. The molecule has 0 fully saturated rings. The molecule has 0 unspecified atom stereocenters. The van der Waals surface area contributed by atoms with Gasteiger partial charge in [-0.2, -0.15) is 0 Å². The van der Waals surface area contributed by atoms with Crippen LogP contribution in [0.1, 0.15) is 5.56 Å². The lowest BCUT2D eigenvalue weighted by Gasteiger charge is -2.10. The molecule has 0 aliphatic carbocycles. The maximum absolute atomic E-state index is 12.0. The lowest BCUT2D eigenvalue weighted by Crippen LogP contribution is -2.21. The zero-order valence-corrected chi connectivity index (χ0v) is 15.9. The number of carbonyl (C=O) groups is 1. The van der Waals surface area contributed by atoms with Crippen molar-refractivity contribution < 1.29 is 14.3 Å². The molecule has 0 saturated carbocycles. The van der Waals surface area contributed by atoms with Crippen molar-refractivity contribution >= 4 is 29.1 Å². The minimum absolute atomic E-state index is 0.142. The number of aromatic nitrogens is 2. The van der Waals surface area contributed by atoms with Crippen LogP contribution in [0.3, 0.4) is 0 Å². The van der Waals surface area contributed by atoms with Crippen LogP contribution in [0.15, 0.2) is 60.7 Å². The van der Waals surface area contributed by atoms with E-state index in [4.69, 9.17) is 21.1 Å². The molecule has 1 aromatic heterocycles. The van der Waals surface area contributed by atoms with Gasteiger partial charge >= 0.3 is 0 Å². The predicted octanol–water partition coefficient (Wildman–Crippen LogP) is 3.77. The van der Waals surface area contributed by atoms with Crippen LogP contribution >= 0.6 is 11.6 Å². The van der Waals surface area contributed by atoms with Crippen LogP contribution in [0.2, 0.25) is 5.02 Å². The zero-order valence-electron chi connectivity index (χ0n) is 15.2. The lowest BCUT2D eigenvalue weighted by atomic mass is 10.2. The van der Waals surface area contributed by atoms with E-state index in [0.29, 0.717) is 29.0 Å². The van der Waals surface area contributed by atoms with E-state index in [2.05, 4.69) is 20.8 Å². The fraction of sp³-hybridized carbons (Fsp3) is 0.150. The van der Waals surface area contributed by atoms with Crippen LogP contribution < -0.4 is 20.1 Å². The standard InChI is InChI=1S/C20H19ClN4O3/c1-27-17-5-3-2-4-14(17)12-22-18-10-11-19(25-24-18)23-20(26)13-28-16-8-6-15(21)7-9-16/h2-11H,12-13H2,1H3,(H,22,24)(H,23,25,26). The number of ether oxygens (including phenoxy) is 2. The van der Waals surface area contributed by atoms with E-state index in [-0.39, 0.29) is 12.5 Å². The molecule has 0 aliphatic rings. The SMILES string of the molecule is COc1ccccc1CNc1ccc(NC(=O)COc2ccc(Cl)cc2)nn1. The summed E-state index contributed by atoms with van der Waals surface area (Å²) in [6.45, 7) is 0.399. The summed E-state index contributed by atoms with van der Waals surface area (Å²) in [6, 6.07) is 17.9. The number of para-hydroxylation sites is 1. The van der Waals surface area contributed by atoms with Crippen LogP contribution in [-0.2, 0) is 11.3 Å². The van der Waals surface area contributed by atoms with E-state index < -0.39 is 0 Å². The van der Waals surface area contributed by atoms with Crippen molar-refractivity contribution in [3.63, 3.8) is 0 Å². The van der Waals surface area contributed by atoms with Gasteiger partial charge < -0.3 is 20.1 Å². The highest BCUT2D eigenvalue weighted by molar-refractivity contribution is 6.30. The number of hydrogen-bond acceptors (Lipinski definition) is 6. The minimum atomic E-state index is -0.334. The van der Waals surface area contributed by atoms with Gasteiger partial charge in [-0.1, -0.05) is 29.8 Å². The van der Waals surface area contributed by atoms with Gasteiger partial charge in [0.2, 0.25) is 0 Å². The number of anilines is 2. The van der Waals surface area contributed by atoms with Gasteiger partial charge in [-0.15, -0.1) is 10.2 Å². The predicted molar refractivity (Wildman–Crippen MR) is 108 cm³/mol. The molecule has 0 radical (unpaired) electrons. The van der Waals surface area contributed by atoms with E-state index in [9.17, 15) is 4.79 Å². The molecule has 7 nitrogen and oxygen atoms in total. The van der Waals surface area contributed by atoms with Gasteiger partial charge in [0.15, 0.2) is 12.4 Å². The molecule has 28 heavy (non-hydrogen) atoms. The van der Waals surface area contributed by atoms with Crippen molar-refractivity contribution in [2.75, 3.05) is 24.4 Å². The highest BCUT2D eigenvalue weighted by atomic mass is 35.5. The molecule has 1 amide bonds. The molecule has 0 atom stereocenters. The molecule has 144 valence electrons. The van der Waals surface area contributed by atoms with Crippen molar-refractivity contribution in [1.29, 1.82) is 0 Å². The van der Waals surface area contributed by atoms with Crippen LogP contribution in [0, 0.1) is 0 Å². The number of rotatable bonds is 8. The first-order chi connectivity index (χ1) is 13.6. The number of nitrogens with one attached hydrogen (secondary N) is 2. The summed E-state index contributed by atoms with van der Waals surface area (Å²) < 4.78 is 10.7. The third-order valence-electron chi connectivity index (χ3n) is 3.77. The van der Waals surface area contributed by atoms with E-state index in [0.717, 1.165) is 11.3 Å². The maximum atomic E-state index is 12.0. The van der Waals surface area contributed by atoms with Crippen molar-refractivity contribution in [2.24, 2.45) is 0 Å². The first kappa shape index (κ1) is 19.4. The van der Waals surface area contributed by atoms with Crippen LogP contribution in [0.5, 0.6) is 11.5 Å². The van der Waals surface area contributed by atoms with Gasteiger partial charge in [0.1, 0.15) is 17.3 Å². The Morgan fingerprint density at radius 2 is 1.71 bits per heavy atom. The number of carbonyl (C=O) groups excluding carboxylic acids is 1. The molecule has 0 saturated heterocycles. The van der Waals surface area contributed by atoms with Crippen LogP contribution in [0.4, 0.5) is 11.6 Å². The van der Waals surface area contributed by atoms with Crippen molar-refractivity contribution in [1.82, 2.24) is 10.2 Å². The van der Waals surface area contributed by atoms with Crippen LogP contribution in [0.25, 0.3) is 0 Å². The number of methoxy groups -OCH3 is 1. The van der Waals surface area contributed by atoms with Gasteiger partial charge in [0.05, 0.1) is 7.11 Å². The summed E-state index contributed by atoms with van der Waals surface area (Å²) >= 11 is 5.81. The summed E-state index contributed by atoms with van der Waals surface area (Å²) in [5.41, 5.74) is 1.00. The third-order valence-corrected chi connectivity index (χ3v) is 4.02. The van der Waals surface area contributed by atoms with E-state index >= 15 is 0 Å². The Morgan fingerprint density at radius 3 is 2.43 bits per heavy atom. The Hall–Kier alpha value is -3.32. The molecule has 0 bridgehead atoms. The van der Waals surface area contributed by atoms with Gasteiger partial charge in [0.25, 0.3) is 5.91 Å². The molecule has 2 aromatic carbocycles.